The molecule has 0 bridgehead atoms. The predicted molar refractivity (Wildman–Crippen MR) is 92.6 cm³/mol. The van der Waals surface area contributed by atoms with Gasteiger partial charge in [-0.3, -0.25) is 4.68 Å². The van der Waals surface area contributed by atoms with Crippen molar-refractivity contribution in [2.45, 2.75) is 58.2 Å². The molecule has 4 heteroatoms. The summed E-state index contributed by atoms with van der Waals surface area (Å²) in [6.45, 7) is 5.98. The Kier molecular flexibility index (Phi) is 4.71. The Hall–Kier alpha value is -1.81. The summed E-state index contributed by atoms with van der Waals surface area (Å²) in [5.74, 6) is 0.989. The lowest BCUT2D eigenvalue weighted by Crippen LogP contribution is -2.39. The highest BCUT2D eigenvalue weighted by molar-refractivity contribution is 5.40. The smallest absolute Gasteiger partial charge is 0.123 e. The van der Waals surface area contributed by atoms with Crippen molar-refractivity contribution >= 4 is 0 Å². The summed E-state index contributed by atoms with van der Waals surface area (Å²) < 4.78 is 7.63. The maximum atomic E-state index is 5.62. The Morgan fingerprint density at radius 1 is 1.26 bits per heavy atom. The van der Waals surface area contributed by atoms with Gasteiger partial charge >= 0.3 is 0 Å². The van der Waals surface area contributed by atoms with Gasteiger partial charge in [0.15, 0.2) is 0 Å². The number of rotatable bonds is 6. The first kappa shape index (κ1) is 16.1. The third kappa shape index (κ3) is 3.13. The fourth-order valence-corrected chi connectivity index (χ4v) is 3.72. The first-order valence-electron chi connectivity index (χ1n) is 8.60. The molecule has 1 N–H and O–H groups in total. The zero-order valence-corrected chi connectivity index (χ0v) is 14.4. The summed E-state index contributed by atoms with van der Waals surface area (Å²) >= 11 is 0. The van der Waals surface area contributed by atoms with E-state index in [1.54, 1.807) is 7.11 Å². The van der Waals surface area contributed by atoms with E-state index in [2.05, 4.69) is 48.7 Å². The van der Waals surface area contributed by atoms with Crippen LogP contribution < -0.4 is 10.1 Å². The molecule has 1 fully saturated rings. The predicted octanol–water partition coefficient (Wildman–Crippen LogP) is 3.78. The van der Waals surface area contributed by atoms with Crippen LogP contribution in [0.15, 0.2) is 30.5 Å². The summed E-state index contributed by atoms with van der Waals surface area (Å²) in [5, 5.41) is 8.40. The minimum atomic E-state index is 0.0212. The van der Waals surface area contributed by atoms with Crippen molar-refractivity contribution in [3.8, 4) is 5.75 Å². The highest BCUT2D eigenvalue weighted by atomic mass is 16.5. The van der Waals surface area contributed by atoms with Crippen molar-refractivity contribution in [1.82, 2.24) is 15.1 Å². The number of nitrogens with zero attached hydrogens (tertiary/aromatic N) is 2. The van der Waals surface area contributed by atoms with E-state index in [9.17, 15) is 0 Å². The summed E-state index contributed by atoms with van der Waals surface area (Å²) in [7, 11) is 1.76. The van der Waals surface area contributed by atoms with Gasteiger partial charge in [-0.25, -0.2) is 0 Å². The Labute approximate surface area is 138 Å². The van der Waals surface area contributed by atoms with Crippen LogP contribution in [-0.4, -0.2) is 16.9 Å². The molecule has 0 radical (unpaired) electrons. The molecule has 1 aliphatic rings. The van der Waals surface area contributed by atoms with E-state index in [0.717, 1.165) is 37.4 Å². The van der Waals surface area contributed by atoms with Crippen molar-refractivity contribution in [3.05, 3.63) is 47.3 Å². The SMILES string of the molecule is CCn1cc(CNC2(c3ccccc3OC)CCCC2)c(C)n1. The first-order valence-corrected chi connectivity index (χ1v) is 8.60. The molecule has 23 heavy (non-hydrogen) atoms. The molecule has 124 valence electrons. The van der Waals surface area contributed by atoms with Crippen molar-refractivity contribution < 1.29 is 4.74 Å². The fraction of sp³-hybridized carbons (Fsp3) is 0.526. The van der Waals surface area contributed by atoms with Gasteiger partial charge in [0.2, 0.25) is 0 Å². The van der Waals surface area contributed by atoms with E-state index in [0.29, 0.717) is 0 Å². The van der Waals surface area contributed by atoms with Gasteiger partial charge in [-0.05, 0) is 32.8 Å². The van der Waals surface area contributed by atoms with E-state index < -0.39 is 0 Å². The topological polar surface area (TPSA) is 39.1 Å². The van der Waals surface area contributed by atoms with Gasteiger partial charge in [0, 0.05) is 36.0 Å². The van der Waals surface area contributed by atoms with Crippen molar-refractivity contribution in [2.75, 3.05) is 7.11 Å². The second kappa shape index (κ2) is 6.75. The lowest BCUT2D eigenvalue weighted by atomic mass is 9.87. The van der Waals surface area contributed by atoms with Gasteiger partial charge in [0.1, 0.15) is 5.75 Å². The normalized spacial score (nSPS) is 16.7. The molecule has 2 aromatic rings. The highest BCUT2D eigenvalue weighted by Crippen LogP contribution is 2.42. The van der Waals surface area contributed by atoms with E-state index in [1.807, 2.05) is 10.7 Å². The van der Waals surface area contributed by atoms with Crippen LogP contribution in [-0.2, 0) is 18.6 Å². The molecule has 0 amide bonds. The Balaban J connectivity index is 1.85. The molecule has 1 heterocycles. The number of ether oxygens (including phenoxy) is 1. The van der Waals surface area contributed by atoms with Gasteiger partial charge < -0.3 is 10.1 Å². The van der Waals surface area contributed by atoms with Gasteiger partial charge in [0.25, 0.3) is 0 Å². The van der Waals surface area contributed by atoms with Crippen LogP contribution in [0.3, 0.4) is 0 Å². The number of para-hydroxylation sites is 1. The number of methoxy groups -OCH3 is 1. The molecule has 1 aliphatic carbocycles. The summed E-state index contributed by atoms with van der Waals surface area (Å²) in [6, 6.07) is 8.43. The van der Waals surface area contributed by atoms with Crippen LogP contribution in [0.25, 0.3) is 0 Å². The second-order valence-electron chi connectivity index (χ2n) is 6.44. The average Bonchev–Trinajstić information content (AvgIpc) is 3.20. The Morgan fingerprint density at radius 2 is 2.00 bits per heavy atom. The zero-order valence-electron chi connectivity index (χ0n) is 14.4. The number of nitrogens with one attached hydrogen (secondary N) is 1. The van der Waals surface area contributed by atoms with Crippen LogP contribution in [0.5, 0.6) is 5.75 Å². The lowest BCUT2D eigenvalue weighted by Gasteiger charge is -2.32. The second-order valence-corrected chi connectivity index (χ2v) is 6.44. The zero-order chi connectivity index (χ0) is 16.3. The molecule has 0 aliphatic heterocycles. The molecule has 3 rings (SSSR count). The molecule has 0 unspecified atom stereocenters. The van der Waals surface area contributed by atoms with E-state index in [1.165, 1.54) is 24.0 Å². The largest absolute Gasteiger partial charge is 0.496 e. The van der Waals surface area contributed by atoms with Gasteiger partial charge in [0.05, 0.1) is 12.8 Å². The van der Waals surface area contributed by atoms with E-state index >= 15 is 0 Å². The number of aryl methyl sites for hydroxylation is 2. The quantitative estimate of drug-likeness (QED) is 0.882. The van der Waals surface area contributed by atoms with Crippen LogP contribution >= 0.6 is 0 Å². The van der Waals surface area contributed by atoms with E-state index in [-0.39, 0.29) is 5.54 Å². The third-order valence-corrected chi connectivity index (χ3v) is 5.07. The van der Waals surface area contributed by atoms with Gasteiger partial charge in [-0.15, -0.1) is 0 Å². The van der Waals surface area contributed by atoms with Crippen LogP contribution in [0.1, 0.15) is 49.4 Å². The molecular weight excluding hydrogens is 286 g/mol. The van der Waals surface area contributed by atoms with Crippen molar-refractivity contribution in [1.29, 1.82) is 0 Å². The minimum Gasteiger partial charge on any atom is -0.496 e. The number of benzene rings is 1. The Morgan fingerprint density at radius 3 is 2.65 bits per heavy atom. The number of hydrogen-bond donors (Lipinski definition) is 1. The van der Waals surface area contributed by atoms with Crippen LogP contribution in [0.4, 0.5) is 0 Å². The maximum absolute atomic E-state index is 5.62. The van der Waals surface area contributed by atoms with Crippen molar-refractivity contribution in [3.63, 3.8) is 0 Å². The molecular formula is C19H27N3O. The van der Waals surface area contributed by atoms with Gasteiger partial charge in [-0.1, -0.05) is 31.0 Å². The first-order chi connectivity index (χ1) is 11.2. The molecule has 0 saturated heterocycles. The number of aromatic nitrogens is 2. The monoisotopic (exact) mass is 313 g/mol. The summed E-state index contributed by atoms with van der Waals surface area (Å²) in [4.78, 5) is 0. The summed E-state index contributed by atoms with van der Waals surface area (Å²) in [5.41, 5.74) is 3.72. The summed E-state index contributed by atoms with van der Waals surface area (Å²) in [6.07, 6.45) is 7.01. The molecule has 1 aromatic heterocycles. The number of hydrogen-bond acceptors (Lipinski definition) is 3. The minimum absolute atomic E-state index is 0.0212. The fourth-order valence-electron chi connectivity index (χ4n) is 3.72. The van der Waals surface area contributed by atoms with Crippen LogP contribution in [0, 0.1) is 6.92 Å². The van der Waals surface area contributed by atoms with Crippen molar-refractivity contribution in [2.24, 2.45) is 0 Å². The lowest BCUT2D eigenvalue weighted by molar-refractivity contribution is 0.316. The Bertz CT molecular complexity index is 656. The molecule has 1 aromatic carbocycles. The van der Waals surface area contributed by atoms with E-state index in [4.69, 9.17) is 4.74 Å². The van der Waals surface area contributed by atoms with Crippen LogP contribution in [0.2, 0.25) is 0 Å². The molecule has 1 saturated carbocycles. The molecule has 0 atom stereocenters. The van der Waals surface area contributed by atoms with Gasteiger partial charge in [-0.2, -0.15) is 5.10 Å². The standard InChI is InChI=1S/C19H27N3O/c1-4-22-14-16(15(2)21-22)13-20-19(11-7-8-12-19)17-9-5-6-10-18(17)23-3/h5-6,9-10,14,20H,4,7-8,11-13H2,1-3H3. The average molecular weight is 313 g/mol. The molecule has 0 spiro atoms. The highest BCUT2D eigenvalue weighted by Gasteiger charge is 2.37. The maximum Gasteiger partial charge on any atom is 0.123 e. The molecule has 4 nitrogen and oxygen atoms in total. The third-order valence-electron chi connectivity index (χ3n) is 5.07.